The van der Waals surface area contributed by atoms with Crippen LogP contribution in [0.5, 0.6) is 0 Å². The highest BCUT2D eigenvalue weighted by molar-refractivity contribution is 7.99. The molecule has 3 heteroatoms. The van der Waals surface area contributed by atoms with Crippen LogP contribution in [0.25, 0.3) is 76.3 Å². The quantitative estimate of drug-likeness (QED) is 0.0858. The maximum absolute atomic E-state index is 5.42. The van der Waals surface area contributed by atoms with E-state index in [1.807, 2.05) is 11.8 Å². The number of pyridine rings is 2. The molecule has 0 spiro atoms. The fraction of sp³-hybridized carbons (Fsp3) is 0.150. The van der Waals surface area contributed by atoms with Crippen molar-refractivity contribution in [3.8, 4) is 11.1 Å². The molecule has 0 unspecified atom stereocenters. The van der Waals surface area contributed by atoms with Gasteiger partial charge in [0.2, 0.25) is 0 Å². The summed E-state index contributed by atoms with van der Waals surface area (Å²) in [5.74, 6) is 1.11. The number of thioether (sulfide) groups is 1. The third-order valence-corrected chi connectivity index (χ3v) is 9.89. The van der Waals surface area contributed by atoms with Gasteiger partial charge in [0.1, 0.15) is 0 Å². The van der Waals surface area contributed by atoms with E-state index in [9.17, 15) is 0 Å². The first kappa shape index (κ1) is 26.2. The summed E-state index contributed by atoms with van der Waals surface area (Å²) in [5, 5.41) is 9.56. The van der Waals surface area contributed by atoms with Crippen LogP contribution >= 0.6 is 11.8 Å². The third kappa shape index (κ3) is 4.60. The smallest absolute Gasteiger partial charge is 0.0799 e. The van der Waals surface area contributed by atoms with Crippen LogP contribution in [0.1, 0.15) is 32.3 Å². The van der Waals surface area contributed by atoms with Crippen LogP contribution in [-0.2, 0) is 6.42 Å². The van der Waals surface area contributed by atoms with Crippen molar-refractivity contribution in [2.24, 2.45) is 0 Å². The first-order valence-electron chi connectivity index (χ1n) is 15.3. The molecule has 0 N–H and O–H groups in total. The number of aromatic nitrogens is 2. The van der Waals surface area contributed by atoms with Gasteiger partial charge in [0, 0.05) is 37.2 Å². The maximum atomic E-state index is 5.42. The van der Waals surface area contributed by atoms with E-state index in [2.05, 4.69) is 123 Å². The number of fused-ring (bicyclic) bond motifs is 8. The van der Waals surface area contributed by atoms with E-state index in [1.54, 1.807) is 0 Å². The van der Waals surface area contributed by atoms with Crippen molar-refractivity contribution in [1.29, 1.82) is 0 Å². The lowest BCUT2D eigenvalue weighted by Gasteiger charge is -2.14. The van der Waals surface area contributed by atoms with Gasteiger partial charge in [-0.25, -0.2) is 9.97 Å². The summed E-state index contributed by atoms with van der Waals surface area (Å²) in [6, 6.07) is 40.1. The van der Waals surface area contributed by atoms with Crippen LogP contribution in [0.2, 0.25) is 0 Å². The Hall–Kier alpha value is -4.47. The molecule has 0 atom stereocenters. The van der Waals surface area contributed by atoms with E-state index in [4.69, 9.17) is 9.97 Å². The van der Waals surface area contributed by atoms with E-state index in [-0.39, 0.29) is 0 Å². The largest absolute Gasteiger partial charge is 0.247 e. The number of unbranched alkanes of at least 4 members (excludes halogenated alkanes) is 1. The molecule has 0 bridgehead atoms. The number of nitrogens with zero attached hydrogens (tertiary/aromatic N) is 2. The van der Waals surface area contributed by atoms with Gasteiger partial charge < -0.3 is 0 Å². The number of benzene rings is 6. The normalized spacial score (nSPS) is 12.0. The number of para-hydroxylation sites is 1. The van der Waals surface area contributed by atoms with E-state index in [0.29, 0.717) is 0 Å². The van der Waals surface area contributed by atoms with Crippen LogP contribution in [-0.4, -0.2) is 15.7 Å². The van der Waals surface area contributed by atoms with Crippen molar-refractivity contribution in [1.82, 2.24) is 9.97 Å². The van der Waals surface area contributed by atoms with Crippen molar-refractivity contribution in [3.63, 3.8) is 0 Å². The summed E-state index contributed by atoms with van der Waals surface area (Å²) in [4.78, 5) is 11.9. The minimum atomic E-state index is 1.03. The summed E-state index contributed by atoms with van der Waals surface area (Å²) >= 11 is 1.96. The minimum Gasteiger partial charge on any atom is -0.247 e. The Morgan fingerprint density at radius 3 is 2.12 bits per heavy atom. The molecular weight excluding hydrogens is 541 g/mol. The average Bonchev–Trinajstić information content (AvgIpc) is 3.05. The second-order valence-electron chi connectivity index (χ2n) is 11.5. The first-order chi connectivity index (χ1) is 21.2. The number of rotatable bonds is 6. The molecule has 0 saturated heterocycles. The molecule has 0 aliphatic heterocycles. The maximum Gasteiger partial charge on any atom is 0.0799 e. The average molecular weight is 573 g/mol. The summed E-state index contributed by atoms with van der Waals surface area (Å²) in [6.45, 7) is 4.46. The van der Waals surface area contributed by atoms with E-state index < -0.39 is 0 Å². The van der Waals surface area contributed by atoms with Crippen LogP contribution in [0.15, 0.2) is 114 Å². The number of hydrogen-bond acceptors (Lipinski definition) is 3. The van der Waals surface area contributed by atoms with Gasteiger partial charge in [-0.05, 0) is 88.5 Å². The van der Waals surface area contributed by atoms with Gasteiger partial charge >= 0.3 is 0 Å². The topological polar surface area (TPSA) is 25.8 Å². The van der Waals surface area contributed by atoms with Crippen molar-refractivity contribution in [2.75, 3.05) is 5.75 Å². The zero-order chi connectivity index (χ0) is 28.9. The molecule has 2 heterocycles. The number of aryl methyl sites for hydroxylation is 1. The van der Waals surface area contributed by atoms with Gasteiger partial charge in [-0.2, -0.15) is 0 Å². The predicted molar refractivity (Wildman–Crippen MR) is 188 cm³/mol. The highest BCUT2D eigenvalue weighted by Gasteiger charge is 2.14. The summed E-state index contributed by atoms with van der Waals surface area (Å²) in [7, 11) is 0. The molecule has 8 aromatic rings. The van der Waals surface area contributed by atoms with Crippen LogP contribution in [0.4, 0.5) is 0 Å². The molecule has 8 rings (SSSR count). The standard InChI is InChI=1S/C40H32N2S/c1-3-5-18-43-38-23-32-19-28-15-17-31-20-29-8-6-7-9-36(29)41-39(31)33(28)24-34(32)40-35(38)21-30-16-14-27(22-37(30)42-40)26-12-10-25(4-2)11-13-26/h6-17,19-24H,3-5,18H2,1-2H3. The van der Waals surface area contributed by atoms with Crippen molar-refractivity contribution < 1.29 is 0 Å². The van der Waals surface area contributed by atoms with Gasteiger partial charge in [0.15, 0.2) is 0 Å². The zero-order valence-corrected chi connectivity index (χ0v) is 25.3. The molecular formula is C40H32N2S. The van der Waals surface area contributed by atoms with Gasteiger partial charge in [-0.3, -0.25) is 0 Å². The number of hydrogen-bond donors (Lipinski definition) is 0. The Labute approximate surface area is 255 Å². The summed E-state index contributed by atoms with van der Waals surface area (Å²) in [5.41, 5.74) is 7.96. The van der Waals surface area contributed by atoms with Gasteiger partial charge in [-0.15, -0.1) is 11.8 Å². The molecule has 43 heavy (non-hydrogen) atoms. The lowest BCUT2D eigenvalue weighted by Crippen LogP contribution is -1.91. The fourth-order valence-corrected chi connectivity index (χ4v) is 7.47. The predicted octanol–water partition coefficient (Wildman–Crippen LogP) is 11.5. The molecule has 0 saturated carbocycles. The van der Waals surface area contributed by atoms with Crippen LogP contribution < -0.4 is 0 Å². The van der Waals surface area contributed by atoms with E-state index >= 15 is 0 Å². The summed E-state index contributed by atoms with van der Waals surface area (Å²) < 4.78 is 0. The third-order valence-electron chi connectivity index (χ3n) is 8.75. The molecule has 0 aliphatic rings. The van der Waals surface area contributed by atoms with Crippen molar-refractivity contribution in [3.05, 3.63) is 115 Å². The molecule has 0 aliphatic carbocycles. The Kier molecular flexibility index (Phi) is 6.49. The highest BCUT2D eigenvalue weighted by Crippen LogP contribution is 2.39. The fourth-order valence-electron chi connectivity index (χ4n) is 6.29. The Morgan fingerprint density at radius 1 is 0.535 bits per heavy atom. The second-order valence-corrected chi connectivity index (χ2v) is 12.7. The van der Waals surface area contributed by atoms with Crippen LogP contribution in [0.3, 0.4) is 0 Å². The minimum absolute atomic E-state index is 1.03. The monoisotopic (exact) mass is 572 g/mol. The highest BCUT2D eigenvalue weighted by atomic mass is 32.2. The Balaban J connectivity index is 1.40. The molecule has 208 valence electrons. The molecule has 2 aromatic heterocycles. The Morgan fingerprint density at radius 2 is 1.26 bits per heavy atom. The second kappa shape index (κ2) is 10.7. The molecule has 6 aromatic carbocycles. The SMILES string of the molecule is CCCCSc1cc2cc3ccc4cc5ccccc5nc4c3cc2c2nc3cc(-c4ccc(CC)cc4)ccc3cc12. The molecule has 0 radical (unpaired) electrons. The lowest BCUT2D eigenvalue weighted by molar-refractivity contribution is 0.896. The van der Waals surface area contributed by atoms with Gasteiger partial charge in [-0.1, -0.05) is 87.0 Å². The van der Waals surface area contributed by atoms with Crippen LogP contribution in [0, 0.1) is 0 Å². The summed E-state index contributed by atoms with van der Waals surface area (Å²) in [6.07, 6.45) is 3.45. The molecule has 2 nitrogen and oxygen atoms in total. The lowest BCUT2D eigenvalue weighted by atomic mass is 9.97. The Bertz CT molecular complexity index is 2340. The van der Waals surface area contributed by atoms with Gasteiger partial charge in [0.05, 0.1) is 22.1 Å². The van der Waals surface area contributed by atoms with Gasteiger partial charge in [0.25, 0.3) is 0 Å². The van der Waals surface area contributed by atoms with Crippen molar-refractivity contribution in [2.45, 2.75) is 38.0 Å². The van der Waals surface area contributed by atoms with Crippen molar-refractivity contribution >= 4 is 76.9 Å². The first-order valence-corrected chi connectivity index (χ1v) is 16.3. The van der Waals surface area contributed by atoms with E-state index in [0.717, 1.165) is 34.2 Å². The zero-order valence-electron chi connectivity index (χ0n) is 24.5. The molecule has 0 amide bonds. The van der Waals surface area contributed by atoms with E-state index in [1.165, 1.54) is 77.5 Å². The molecule has 0 fully saturated rings.